The lowest BCUT2D eigenvalue weighted by Gasteiger charge is -2.16. The van der Waals surface area contributed by atoms with Crippen LogP contribution in [0.1, 0.15) is 33.5 Å². The van der Waals surface area contributed by atoms with Gasteiger partial charge in [0.2, 0.25) is 5.91 Å². The van der Waals surface area contributed by atoms with Crippen LogP contribution in [0.4, 0.5) is 26.3 Å². The molecule has 1 amide bonds. The average Bonchev–Trinajstić information content (AvgIpc) is 3.37. The third-order valence-corrected chi connectivity index (χ3v) is 6.63. The van der Waals surface area contributed by atoms with Crippen molar-refractivity contribution >= 4 is 22.8 Å². The van der Waals surface area contributed by atoms with Crippen LogP contribution in [0, 0.1) is 0 Å². The lowest BCUT2D eigenvalue weighted by molar-refractivity contribution is -0.161. The van der Waals surface area contributed by atoms with Gasteiger partial charge < -0.3 is 24.3 Å². The lowest BCUT2D eigenvalue weighted by Crippen LogP contribution is -2.39. The van der Waals surface area contributed by atoms with Gasteiger partial charge in [0, 0.05) is 17.4 Å². The van der Waals surface area contributed by atoms with Crippen LogP contribution in [0.3, 0.4) is 0 Å². The third-order valence-electron chi connectivity index (χ3n) is 6.63. The second kappa shape index (κ2) is 13.4. The molecule has 1 atom stereocenters. The minimum Gasteiger partial charge on any atom is -0.493 e. The van der Waals surface area contributed by atoms with Gasteiger partial charge in [-0.05, 0) is 48.2 Å². The molecule has 0 radical (unpaired) electrons. The zero-order valence-corrected chi connectivity index (χ0v) is 23.2. The van der Waals surface area contributed by atoms with Crippen molar-refractivity contribution in [2.45, 2.75) is 37.7 Å². The van der Waals surface area contributed by atoms with Crippen LogP contribution in [-0.4, -0.2) is 49.5 Å². The maximum absolute atomic E-state index is 13.1. The number of fused-ring (bicyclic) bond motifs is 1. The molecule has 1 heterocycles. The minimum absolute atomic E-state index is 0.0147. The third kappa shape index (κ3) is 8.10. The van der Waals surface area contributed by atoms with Gasteiger partial charge in [-0.15, -0.1) is 0 Å². The summed E-state index contributed by atoms with van der Waals surface area (Å²) in [4.78, 5) is 25.7. The number of furan rings is 1. The van der Waals surface area contributed by atoms with Crippen molar-refractivity contribution in [2.75, 3.05) is 20.3 Å². The molecule has 1 aromatic heterocycles. The summed E-state index contributed by atoms with van der Waals surface area (Å²) in [6, 6.07) is 15.1. The van der Waals surface area contributed by atoms with Crippen LogP contribution in [0.2, 0.25) is 0 Å². The fraction of sp³-hybridized carbons (Fsp3) is 0.290. The predicted molar refractivity (Wildman–Crippen MR) is 147 cm³/mol. The number of hydrogen-bond acceptors (Lipinski definition) is 6. The molecule has 2 N–H and O–H groups in total. The Morgan fingerprint density at radius 3 is 2.23 bits per heavy atom. The normalized spacial score (nSPS) is 12.6. The van der Waals surface area contributed by atoms with E-state index in [0.717, 1.165) is 29.8 Å². The van der Waals surface area contributed by atoms with E-state index in [1.807, 2.05) is 30.3 Å². The largest absolute Gasteiger partial charge is 0.493 e. The Balaban J connectivity index is 1.65. The lowest BCUT2D eigenvalue weighted by atomic mass is 10.0. The molecule has 3 aromatic carbocycles. The Morgan fingerprint density at radius 2 is 1.64 bits per heavy atom. The first kappa shape index (κ1) is 32.4. The van der Waals surface area contributed by atoms with E-state index in [-0.39, 0.29) is 53.4 Å². The summed E-state index contributed by atoms with van der Waals surface area (Å²) in [5, 5.41) is 12.5. The number of halogens is 6. The Kier molecular flexibility index (Phi) is 9.88. The van der Waals surface area contributed by atoms with E-state index >= 15 is 0 Å². The smallest absolute Gasteiger partial charge is 0.422 e. The molecule has 0 saturated heterocycles. The molecule has 7 nitrogen and oxygen atoms in total. The maximum Gasteiger partial charge on any atom is 0.422 e. The van der Waals surface area contributed by atoms with E-state index in [4.69, 9.17) is 9.15 Å². The van der Waals surface area contributed by atoms with Gasteiger partial charge in [-0.2, -0.15) is 26.3 Å². The maximum atomic E-state index is 13.1. The molecule has 0 aliphatic rings. The molecule has 0 saturated carbocycles. The Bertz CT molecular complexity index is 1600. The molecule has 0 fully saturated rings. The summed E-state index contributed by atoms with van der Waals surface area (Å²) in [5.74, 6) is -2.06. The van der Waals surface area contributed by atoms with Crippen molar-refractivity contribution < 1.29 is 54.9 Å². The van der Waals surface area contributed by atoms with Gasteiger partial charge in [0.25, 0.3) is 0 Å². The van der Waals surface area contributed by atoms with E-state index < -0.39 is 42.1 Å². The minimum atomic E-state index is -4.84. The number of carbonyl (C=O) groups is 2. The van der Waals surface area contributed by atoms with Gasteiger partial charge in [-0.25, -0.2) is 4.79 Å². The molecule has 0 unspecified atom stereocenters. The van der Waals surface area contributed by atoms with Gasteiger partial charge in [-0.1, -0.05) is 42.5 Å². The summed E-state index contributed by atoms with van der Waals surface area (Å²) in [7, 11) is 1.28. The second-order valence-electron chi connectivity index (χ2n) is 9.88. The van der Waals surface area contributed by atoms with Crippen molar-refractivity contribution in [1.82, 2.24) is 5.32 Å². The van der Waals surface area contributed by atoms with Gasteiger partial charge in [0.05, 0.1) is 25.3 Å². The number of aliphatic hydroxyl groups excluding tert-OH is 1. The molecule has 44 heavy (non-hydrogen) atoms. The second-order valence-corrected chi connectivity index (χ2v) is 9.88. The predicted octanol–water partition coefficient (Wildman–Crippen LogP) is 6.50. The Morgan fingerprint density at radius 1 is 0.955 bits per heavy atom. The van der Waals surface area contributed by atoms with Crippen LogP contribution in [0.15, 0.2) is 71.1 Å². The van der Waals surface area contributed by atoms with Crippen LogP contribution in [0.5, 0.6) is 5.75 Å². The average molecular weight is 624 g/mol. The van der Waals surface area contributed by atoms with Crippen LogP contribution in [-0.2, 0) is 28.5 Å². The number of methoxy groups -OCH3 is 1. The van der Waals surface area contributed by atoms with Gasteiger partial charge in [0.1, 0.15) is 11.3 Å². The van der Waals surface area contributed by atoms with E-state index in [9.17, 15) is 41.0 Å². The van der Waals surface area contributed by atoms with Crippen molar-refractivity contribution in [3.63, 3.8) is 0 Å². The number of alkyl halides is 6. The highest BCUT2D eigenvalue weighted by Gasteiger charge is 2.34. The number of nitrogens with one attached hydrogen (secondary N) is 1. The number of rotatable bonds is 11. The molecular weight excluding hydrogens is 596 g/mol. The van der Waals surface area contributed by atoms with Gasteiger partial charge in [-0.3, -0.25) is 4.79 Å². The van der Waals surface area contributed by atoms with Crippen molar-refractivity contribution in [3.8, 4) is 17.1 Å². The van der Waals surface area contributed by atoms with Crippen LogP contribution in [0.25, 0.3) is 22.3 Å². The SMILES string of the molecule is COc1cc(CCC(=O)N[C@H](CO)Cc2ccccc2)cc2c(C(=O)OCC(F)(F)F)c(-c3ccc(C(F)(F)F)cc3)oc12. The standard InChI is InChI=1S/C31H27F6NO6/c1-42-24-15-19(7-12-25(40)38-22(16-39)13-18-5-3-2-4-6-18)14-23-26(29(41)43-17-30(32,33)34)27(44-28(23)24)20-8-10-21(11-9-20)31(35,36)37/h2-6,8-11,14-15,22,39H,7,12-13,16-17H2,1H3,(H,38,40)/t22-/m0/s1. The number of amides is 1. The number of esters is 1. The van der Waals surface area contributed by atoms with Gasteiger partial charge in [0.15, 0.2) is 17.9 Å². The van der Waals surface area contributed by atoms with Crippen LogP contribution >= 0.6 is 0 Å². The summed E-state index contributed by atoms with van der Waals surface area (Å²) in [6.07, 6.45) is -9.05. The summed E-state index contributed by atoms with van der Waals surface area (Å²) < 4.78 is 93.6. The summed E-state index contributed by atoms with van der Waals surface area (Å²) >= 11 is 0. The fourth-order valence-electron chi connectivity index (χ4n) is 4.58. The molecule has 234 valence electrons. The van der Waals surface area contributed by atoms with E-state index in [2.05, 4.69) is 10.1 Å². The number of ether oxygens (including phenoxy) is 2. The molecule has 4 rings (SSSR count). The van der Waals surface area contributed by atoms with E-state index in [1.165, 1.54) is 19.2 Å². The van der Waals surface area contributed by atoms with Crippen LogP contribution < -0.4 is 10.1 Å². The molecule has 0 aliphatic carbocycles. The van der Waals surface area contributed by atoms with Crippen molar-refractivity contribution in [1.29, 1.82) is 0 Å². The molecule has 0 bridgehead atoms. The zero-order valence-electron chi connectivity index (χ0n) is 23.2. The summed E-state index contributed by atoms with van der Waals surface area (Å²) in [5.41, 5.74) is -0.156. The first-order valence-corrected chi connectivity index (χ1v) is 13.3. The molecule has 0 spiro atoms. The Hall–Kier alpha value is -4.52. The number of aryl methyl sites for hydroxylation is 1. The Labute approximate surface area is 247 Å². The fourth-order valence-corrected chi connectivity index (χ4v) is 4.58. The number of benzene rings is 3. The van der Waals surface area contributed by atoms with E-state index in [0.29, 0.717) is 12.0 Å². The zero-order chi connectivity index (χ0) is 32.1. The molecule has 13 heteroatoms. The monoisotopic (exact) mass is 623 g/mol. The number of hydrogen-bond donors (Lipinski definition) is 2. The highest BCUT2D eigenvalue weighted by molar-refractivity contribution is 6.10. The molecule has 0 aliphatic heterocycles. The molecular formula is C31H27F6NO6. The summed E-state index contributed by atoms with van der Waals surface area (Å²) in [6.45, 7) is -2.21. The molecule has 4 aromatic rings. The number of carbonyl (C=O) groups excluding carboxylic acids is 2. The highest BCUT2D eigenvalue weighted by Crippen LogP contribution is 2.40. The quantitative estimate of drug-likeness (QED) is 0.146. The first-order valence-electron chi connectivity index (χ1n) is 13.3. The highest BCUT2D eigenvalue weighted by atomic mass is 19.4. The topological polar surface area (TPSA) is 98.0 Å². The number of aliphatic hydroxyl groups is 1. The van der Waals surface area contributed by atoms with Gasteiger partial charge >= 0.3 is 18.3 Å². The first-order chi connectivity index (χ1) is 20.8. The van der Waals surface area contributed by atoms with E-state index in [1.54, 1.807) is 0 Å². The van der Waals surface area contributed by atoms with Crippen molar-refractivity contribution in [2.24, 2.45) is 0 Å². The van der Waals surface area contributed by atoms with Crippen molar-refractivity contribution in [3.05, 3.63) is 89.0 Å².